The standard InChI is InChI=1S/C46H36N4O/c1-5-14-33(15-6-1)41-22-13-23-42(34-16-7-2-8-17-34)48-45(47-41)37-24-28-39(29-25-37)51-40-30-26-38(27-31-40)46-49-43(35-18-9-3-10-19-35)32-44(50-46)36-20-11-4-12-21-36/h1-12,14-22,24-28,30-32,39H,13,23,29H2/b41-22-,47-45-,48-42+. The second-order valence-electron chi connectivity index (χ2n) is 12.5. The van der Waals surface area contributed by atoms with Gasteiger partial charge in [0, 0.05) is 28.7 Å². The summed E-state index contributed by atoms with van der Waals surface area (Å²) in [4.78, 5) is 20.2. The molecule has 0 saturated carbocycles. The first-order chi connectivity index (χ1) is 25.2. The SMILES string of the molecule is C1=CC(Oc2ccc(-c3nc(-c4ccccc4)cc(-c4ccccc4)n3)cc2)CC=C1C1=N/C(c2ccccc2)=C\CC/C(c2ccccc2)=N\1. The fourth-order valence-corrected chi connectivity index (χ4v) is 6.28. The van der Waals surface area contributed by atoms with Gasteiger partial charge >= 0.3 is 0 Å². The Balaban J connectivity index is 1.02. The van der Waals surface area contributed by atoms with Gasteiger partial charge in [-0.2, -0.15) is 0 Å². The summed E-state index contributed by atoms with van der Waals surface area (Å²) in [6, 6.07) is 51.3. The zero-order valence-corrected chi connectivity index (χ0v) is 28.1. The van der Waals surface area contributed by atoms with Gasteiger partial charge in [0.15, 0.2) is 11.7 Å². The molecule has 0 bridgehead atoms. The predicted octanol–water partition coefficient (Wildman–Crippen LogP) is 10.8. The van der Waals surface area contributed by atoms with E-state index in [9.17, 15) is 0 Å². The summed E-state index contributed by atoms with van der Waals surface area (Å²) in [5.74, 6) is 2.18. The van der Waals surface area contributed by atoms with Gasteiger partial charge in [0.05, 0.1) is 22.8 Å². The summed E-state index contributed by atoms with van der Waals surface area (Å²) < 4.78 is 6.43. The van der Waals surface area contributed by atoms with Crippen molar-refractivity contribution in [3.8, 4) is 39.7 Å². The van der Waals surface area contributed by atoms with Crippen LogP contribution in [0.4, 0.5) is 0 Å². The Bertz CT molecular complexity index is 2220. The summed E-state index contributed by atoms with van der Waals surface area (Å²) in [5.41, 5.74) is 9.99. The molecular formula is C46H36N4O. The van der Waals surface area contributed by atoms with Crippen molar-refractivity contribution in [2.45, 2.75) is 25.4 Å². The van der Waals surface area contributed by atoms with Gasteiger partial charge in [0.1, 0.15) is 11.9 Å². The highest BCUT2D eigenvalue weighted by atomic mass is 16.5. The molecule has 0 amide bonds. The van der Waals surface area contributed by atoms with Gasteiger partial charge in [-0.3, -0.25) is 0 Å². The van der Waals surface area contributed by atoms with Gasteiger partial charge in [-0.05, 0) is 60.4 Å². The van der Waals surface area contributed by atoms with E-state index in [1.54, 1.807) is 0 Å². The molecule has 0 spiro atoms. The third kappa shape index (κ3) is 7.58. The number of hydrogen-bond donors (Lipinski definition) is 0. The number of allylic oxidation sites excluding steroid dienone is 1. The Labute approximate surface area is 298 Å². The van der Waals surface area contributed by atoms with Crippen LogP contribution in [0, 0.1) is 0 Å². The summed E-state index contributed by atoms with van der Waals surface area (Å²) in [6.07, 6.45) is 10.9. The molecule has 1 aliphatic heterocycles. The molecule has 1 aliphatic carbocycles. The highest BCUT2D eigenvalue weighted by molar-refractivity contribution is 6.14. The molecule has 0 fully saturated rings. The number of aromatic nitrogens is 2. The average Bonchev–Trinajstić information content (AvgIpc) is 3.20. The highest BCUT2D eigenvalue weighted by Gasteiger charge is 2.18. The van der Waals surface area contributed by atoms with Crippen LogP contribution in [0.3, 0.4) is 0 Å². The minimum absolute atomic E-state index is 0.113. The first-order valence-corrected chi connectivity index (χ1v) is 17.4. The van der Waals surface area contributed by atoms with E-state index in [0.29, 0.717) is 12.2 Å². The van der Waals surface area contributed by atoms with E-state index in [4.69, 9.17) is 24.7 Å². The van der Waals surface area contributed by atoms with Crippen LogP contribution in [0.25, 0.3) is 39.6 Å². The maximum Gasteiger partial charge on any atom is 0.160 e. The van der Waals surface area contributed by atoms with E-state index >= 15 is 0 Å². The maximum absolute atomic E-state index is 6.43. The molecule has 246 valence electrons. The molecule has 1 atom stereocenters. The Morgan fingerprint density at radius 3 is 1.67 bits per heavy atom. The van der Waals surface area contributed by atoms with E-state index in [2.05, 4.69) is 91.0 Å². The molecule has 1 unspecified atom stereocenters. The number of benzene rings is 5. The van der Waals surface area contributed by atoms with Crippen LogP contribution in [0.1, 0.15) is 30.4 Å². The molecule has 0 radical (unpaired) electrons. The number of rotatable bonds is 8. The third-order valence-corrected chi connectivity index (χ3v) is 8.95. The lowest BCUT2D eigenvalue weighted by Crippen LogP contribution is -2.17. The molecule has 0 saturated heterocycles. The van der Waals surface area contributed by atoms with E-state index in [1.807, 2.05) is 84.9 Å². The molecular weight excluding hydrogens is 625 g/mol. The van der Waals surface area contributed by atoms with E-state index in [0.717, 1.165) is 80.6 Å². The third-order valence-electron chi connectivity index (χ3n) is 8.95. The van der Waals surface area contributed by atoms with E-state index in [-0.39, 0.29) is 6.10 Å². The monoisotopic (exact) mass is 660 g/mol. The van der Waals surface area contributed by atoms with Crippen molar-refractivity contribution in [1.29, 1.82) is 0 Å². The summed E-state index contributed by atoms with van der Waals surface area (Å²) >= 11 is 0. The molecule has 5 aromatic carbocycles. The molecule has 2 aliphatic rings. The van der Waals surface area contributed by atoms with Crippen LogP contribution in [0.5, 0.6) is 5.75 Å². The zero-order chi connectivity index (χ0) is 34.2. The first kappa shape index (κ1) is 31.8. The largest absolute Gasteiger partial charge is 0.486 e. The van der Waals surface area contributed by atoms with Crippen molar-refractivity contribution < 1.29 is 4.74 Å². The lowest BCUT2D eigenvalue weighted by molar-refractivity contribution is 0.251. The molecule has 5 nitrogen and oxygen atoms in total. The molecule has 0 N–H and O–H groups in total. The minimum Gasteiger partial charge on any atom is -0.486 e. The quantitative estimate of drug-likeness (QED) is 0.163. The van der Waals surface area contributed by atoms with E-state index < -0.39 is 0 Å². The van der Waals surface area contributed by atoms with Gasteiger partial charge in [0.2, 0.25) is 0 Å². The van der Waals surface area contributed by atoms with Crippen molar-refractivity contribution in [1.82, 2.24) is 9.97 Å². The molecule has 51 heavy (non-hydrogen) atoms. The molecule has 5 heteroatoms. The van der Waals surface area contributed by atoms with Gasteiger partial charge in [0.25, 0.3) is 0 Å². The number of hydrogen-bond acceptors (Lipinski definition) is 5. The topological polar surface area (TPSA) is 59.7 Å². The molecule has 6 aromatic rings. The van der Waals surface area contributed by atoms with Crippen molar-refractivity contribution in [3.63, 3.8) is 0 Å². The predicted molar refractivity (Wildman–Crippen MR) is 209 cm³/mol. The Kier molecular flexibility index (Phi) is 9.33. The van der Waals surface area contributed by atoms with Gasteiger partial charge in [-0.1, -0.05) is 140 Å². The smallest absolute Gasteiger partial charge is 0.160 e. The number of aliphatic imine (C=N–C) groups is 2. The molecule has 2 heterocycles. The second kappa shape index (κ2) is 15.0. The number of ether oxygens (including phenoxy) is 1. The fraction of sp³-hybridized carbons (Fsp3) is 0.0870. The summed E-state index contributed by atoms with van der Waals surface area (Å²) in [7, 11) is 0. The van der Waals surface area contributed by atoms with Crippen molar-refractivity contribution >= 4 is 17.2 Å². The highest BCUT2D eigenvalue weighted by Crippen LogP contribution is 2.30. The lowest BCUT2D eigenvalue weighted by atomic mass is 10.0. The first-order valence-electron chi connectivity index (χ1n) is 17.4. The van der Waals surface area contributed by atoms with Crippen LogP contribution in [-0.2, 0) is 0 Å². The fourth-order valence-electron chi connectivity index (χ4n) is 6.28. The minimum atomic E-state index is -0.113. The van der Waals surface area contributed by atoms with Crippen LogP contribution >= 0.6 is 0 Å². The molecule has 1 aromatic heterocycles. The van der Waals surface area contributed by atoms with Gasteiger partial charge < -0.3 is 4.74 Å². The lowest BCUT2D eigenvalue weighted by Gasteiger charge is -2.19. The Morgan fingerprint density at radius 1 is 0.529 bits per heavy atom. The maximum atomic E-state index is 6.43. The van der Waals surface area contributed by atoms with Crippen LogP contribution in [0.15, 0.2) is 192 Å². The second-order valence-corrected chi connectivity index (χ2v) is 12.5. The van der Waals surface area contributed by atoms with E-state index in [1.165, 1.54) is 0 Å². The average molecular weight is 661 g/mol. The normalized spacial score (nSPS) is 18.9. The number of amidine groups is 1. The van der Waals surface area contributed by atoms with Gasteiger partial charge in [-0.15, -0.1) is 0 Å². The summed E-state index contributed by atoms with van der Waals surface area (Å²) in [6.45, 7) is 0. The summed E-state index contributed by atoms with van der Waals surface area (Å²) in [5, 5.41) is 0. The van der Waals surface area contributed by atoms with Crippen LogP contribution in [-0.4, -0.2) is 27.6 Å². The zero-order valence-electron chi connectivity index (χ0n) is 28.1. The molecule has 8 rings (SSSR count). The number of nitrogens with zero attached hydrogens (tertiary/aromatic N) is 4. The van der Waals surface area contributed by atoms with Crippen LogP contribution < -0.4 is 4.74 Å². The van der Waals surface area contributed by atoms with Crippen LogP contribution in [0.2, 0.25) is 0 Å². The van der Waals surface area contributed by atoms with Crippen molar-refractivity contribution in [3.05, 3.63) is 193 Å². The Morgan fingerprint density at radius 2 is 1.10 bits per heavy atom. The van der Waals surface area contributed by atoms with Crippen molar-refractivity contribution in [2.75, 3.05) is 0 Å². The Hall–Kier alpha value is -6.46. The van der Waals surface area contributed by atoms with Gasteiger partial charge in [-0.25, -0.2) is 20.0 Å². The van der Waals surface area contributed by atoms with Crippen molar-refractivity contribution in [2.24, 2.45) is 9.98 Å².